The van der Waals surface area contributed by atoms with E-state index in [1.165, 1.54) is 18.2 Å². The molecule has 1 heterocycles. The van der Waals surface area contributed by atoms with Gasteiger partial charge in [-0.2, -0.15) is 11.8 Å². The molecule has 21 heavy (non-hydrogen) atoms. The van der Waals surface area contributed by atoms with Crippen LogP contribution >= 0.6 is 23.4 Å². The lowest BCUT2D eigenvalue weighted by Gasteiger charge is -2.23. The van der Waals surface area contributed by atoms with Crippen molar-refractivity contribution < 1.29 is 14.3 Å². The average molecular weight is 333 g/mol. The summed E-state index contributed by atoms with van der Waals surface area (Å²) in [7, 11) is 0. The number of amides is 2. The van der Waals surface area contributed by atoms with Crippen molar-refractivity contribution in [3.8, 4) is 0 Å². The maximum Gasteiger partial charge on any atom is 0.315 e. The van der Waals surface area contributed by atoms with E-state index in [-0.39, 0.29) is 23.6 Å². The average Bonchev–Trinajstić information content (AvgIpc) is 2.48. The molecule has 2 atom stereocenters. The van der Waals surface area contributed by atoms with Gasteiger partial charge in [0.2, 0.25) is 0 Å². The van der Waals surface area contributed by atoms with Crippen LogP contribution in [0.1, 0.15) is 24.5 Å². The molecule has 3 N–H and O–H groups in total. The molecule has 1 aliphatic heterocycles. The quantitative estimate of drug-likeness (QED) is 0.794. The summed E-state index contributed by atoms with van der Waals surface area (Å²) in [6.45, 7) is 0.0206. The molecule has 7 heteroatoms. The number of hydrogen-bond donors (Lipinski definition) is 3. The molecular formula is C14H18ClFN2O2S. The van der Waals surface area contributed by atoms with Gasteiger partial charge in [0.1, 0.15) is 5.82 Å². The molecule has 4 nitrogen and oxygen atoms in total. The van der Waals surface area contributed by atoms with Crippen molar-refractivity contribution in [2.24, 2.45) is 0 Å². The number of nitrogens with one attached hydrogen (secondary N) is 2. The van der Waals surface area contributed by atoms with Crippen molar-refractivity contribution in [1.82, 2.24) is 10.6 Å². The second kappa shape index (κ2) is 7.87. The van der Waals surface area contributed by atoms with Gasteiger partial charge >= 0.3 is 6.03 Å². The Hall–Kier alpha value is -0.980. The van der Waals surface area contributed by atoms with Crippen molar-refractivity contribution in [2.45, 2.75) is 25.0 Å². The van der Waals surface area contributed by atoms with Crippen molar-refractivity contribution in [2.75, 3.05) is 18.1 Å². The minimum Gasteiger partial charge on any atom is -0.387 e. The molecule has 1 fully saturated rings. The first-order chi connectivity index (χ1) is 10.1. The second-order valence-electron chi connectivity index (χ2n) is 4.96. The number of hydrogen-bond acceptors (Lipinski definition) is 3. The number of urea groups is 1. The molecule has 2 rings (SSSR count). The zero-order chi connectivity index (χ0) is 15.2. The highest BCUT2D eigenvalue weighted by Gasteiger charge is 2.17. The number of carbonyl (C=O) groups excluding carboxylic acids is 1. The molecule has 0 aromatic heterocycles. The van der Waals surface area contributed by atoms with E-state index in [0.717, 1.165) is 24.3 Å². The number of thioether (sulfide) groups is 1. The Balaban J connectivity index is 1.78. The zero-order valence-corrected chi connectivity index (χ0v) is 13.0. The molecule has 1 aliphatic rings. The van der Waals surface area contributed by atoms with Gasteiger partial charge in [0.25, 0.3) is 0 Å². The van der Waals surface area contributed by atoms with E-state index in [1.54, 1.807) is 0 Å². The van der Waals surface area contributed by atoms with Crippen LogP contribution in [-0.4, -0.2) is 35.2 Å². The zero-order valence-electron chi connectivity index (χ0n) is 11.4. The van der Waals surface area contributed by atoms with Crippen LogP contribution in [-0.2, 0) is 0 Å². The summed E-state index contributed by atoms with van der Waals surface area (Å²) in [6.07, 6.45) is 1.11. The summed E-state index contributed by atoms with van der Waals surface area (Å²) in [5.74, 6) is 1.47. The molecule has 2 amide bonds. The van der Waals surface area contributed by atoms with Crippen molar-refractivity contribution in [3.63, 3.8) is 0 Å². The molecule has 1 aromatic rings. The van der Waals surface area contributed by atoms with Gasteiger partial charge in [-0.15, -0.1) is 0 Å². The molecule has 0 bridgehead atoms. The molecule has 0 aliphatic carbocycles. The smallest absolute Gasteiger partial charge is 0.315 e. The van der Waals surface area contributed by atoms with Crippen LogP contribution in [0.3, 0.4) is 0 Å². The van der Waals surface area contributed by atoms with Gasteiger partial charge in [-0.05, 0) is 36.3 Å². The van der Waals surface area contributed by atoms with Crippen molar-refractivity contribution in [3.05, 3.63) is 34.6 Å². The Morgan fingerprint density at radius 2 is 2.38 bits per heavy atom. The van der Waals surface area contributed by atoms with E-state index in [0.29, 0.717) is 5.56 Å². The predicted octanol–water partition coefficient (Wildman–Crippen LogP) is 2.71. The summed E-state index contributed by atoms with van der Waals surface area (Å²) >= 11 is 7.41. The highest BCUT2D eigenvalue weighted by atomic mass is 35.5. The standard InChI is InChI=1S/C14H18ClFN2O2S/c15-11-4-3-9(6-12(11)16)13(19)7-17-14(20)18-10-2-1-5-21-8-10/h3-4,6,10,13,19H,1-2,5,7-8H2,(H2,17,18,20). The van der Waals surface area contributed by atoms with Gasteiger partial charge in [-0.25, -0.2) is 9.18 Å². The van der Waals surface area contributed by atoms with Gasteiger partial charge in [-0.1, -0.05) is 17.7 Å². The molecule has 1 saturated heterocycles. The molecule has 0 saturated carbocycles. The fourth-order valence-corrected chi connectivity index (χ4v) is 3.31. The number of benzene rings is 1. The summed E-state index contributed by atoms with van der Waals surface area (Å²) < 4.78 is 13.3. The fourth-order valence-electron chi connectivity index (χ4n) is 2.12. The maximum atomic E-state index is 13.3. The molecular weight excluding hydrogens is 315 g/mol. The molecule has 0 spiro atoms. The second-order valence-corrected chi connectivity index (χ2v) is 6.51. The van der Waals surface area contributed by atoms with E-state index < -0.39 is 11.9 Å². The third-order valence-corrected chi connectivity index (χ3v) is 4.80. The van der Waals surface area contributed by atoms with Crippen LogP contribution in [0.15, 0.2) is 18.2 Å². The minimum absolute atomic E-state index is 0.00597. The van der Waals surface area contributed by atoms with E-state index in [1.807, 2.05) is 11.8 Å². The lowest BCUT2D eigenvalue weighted by molar-refractivity contribution is 0.172. The SMILES string of the molecule is O=C(NCC(O)c1ccc(Cl)c(F)c1)NC1CCCSC1. The lowest BCUT2D eigenvalue weighted by atomic mass is 10.1. The normalized spacial score (nSPS) is 19.9. The van der Waals surface area contributed by atoms with Gasteiger partial charge in [-0.3, -0.25) is 0 Å². The summed E-state index contributed by atoms with van der Waals surface area (Å²) in [5.41, 5.74) is 0.380. The first-order valence-corrected chi connectivity index (χ1v) is 8.34. The van der Waals surface area contributed by atoms with Crippen LogP contribution in [0.25, 0.3) is 0 Å². The van der Waals surface area contributed by atoms with Gasteiger partial charge in [0.15, 0.2) is 0 Å². The van der Waals surface area contributed by atoms with Crippen molar-refractivity contribution in [1.29, 1.82) is 0 Å². The topological polar surface area (TPSA) is 61.4 Å². The van der Waals surface area contributed by atoms with Gasteiger partial charge < -0.3 is 15.7 Å². The summed E-state index contributed by atoms with van der Waals surface area (Å²) in [5, 5.41) is 15.4. The van der Waals surface area contributed by atoms with Gasteiger partial charge in [0, 0.05) is 18.3 Å². The summed E-state index contributed by atoms with van der Waals surface area (Å²) in [6, 6.07) is 3.96. The molecule has 1 aromatic carbocycles. The Kier molecular flexibility index (Phi) is 6.14. The monoisotopic (exact) mass is 332 g/mol. The highest BCUT2D eigenvalue weighted by Crippen LogP contribution is 2.20. The number of aliphatic hydroxyl groups excluding tert-OH is 1. The van der Waals surface area contributed by atoms with E-state index >= 15 is 0 Å². The third kappa shape index (κ3) is 5.05. The van der Waals surface area contributed by atoms with Crippen LogP contribution in [0.5, 0.6) is 0 Å². The number of rotatable bonds is 4. The lowest BCUT2D eigenvalue weighted by Crippen LogP contribution is -2.45. The van der Waals surface area contributed by atoms with E-state index in [9.17, 15) is 14.3 Å². The maximum absolute atomic E-state index is 13.3. The number of aliphatic hydroxyl groups is 1. The fraction of sp³-hybridized carbons (Fsp3) is 0.500. The molecule has 0 radical (unpaired) electrons. The van der Waals surface area contributed by atoms with Crippen LogP contribution in [0.4, 0.5) is 9.18 Å². The molecule has 2 unspecified atom stereocenters. The predicted molar refractivity (Wildman–Crippen MR) is 83.3 cm³/mol. The molecule has 116 valence electrons. The van der Waals surface area contributed by atoms with Gasteiger partial charge in [0.05, 0.1) is 11.1 Å². The third-order valence-electron chi connectivity index (χ3n) is 3.28. The Morgan fingerprint density at radius 3 is 3.05 bits per heavy atom. The summed E-state index contributed by atoms with van der Waals surface area (Å²) in [4.78, 5) is 11.7. The van der Waals surface area contributed by atoms with Crippen molar-refractivity contribution >= 4 is 29.4 Å². The Morgan fingerprint density at radius 1 is 1.57 bits per heavy atom. The number of halogens is 2. The van der Waals surface area contributed by atoms with E-state index in [2.05, 4.69) is 10.6 Å². The van der Waals surface area contributed by atoms with Crippen LogP contribution in [0.2, 0.25) is 5.02 Å². The minimum atomic E-state index is -0.969. The number of carbonyl (C=O) groups is 1. The largest absolute Gasteiger partial charge is 0.387 e. The Bertz CT molecular complexity index is 498. The van der Waals surface area contributed by atoms with Crippen LogP contribution in [0, 0.1) is 5.82 Å². The first kappa shape index (κ1) is 16.4. The van der Waals surface area contributed by atoms with E-state index in [4.69, 9.17) is 11.6 Å². The Labute approximate surface area is 132 Å². The highest BCUT2D eigenvalue weighted by molar-refractivity contribution is 7.99. The first-order valence-electron chi connectivity index (χ1n) is 6.81. The van der Waals surface area contributed by atoms with Crippen LogP contribution < -0.4 is 10.6 Å².